The summed E-state index contributed by atoms with van der Waals surface area (Å²) in [4.78, 5) is 0. The van der Waals surface area contributed by atoms with E-state index in [1.54, 1.807) is 0 Å². The molecule has 1 rings (SSSR count). The highest BCUT2D eigenvalue weighted by Crippen LogP contribution is 2.22. The van der Waals surface area contributed by atoms with Crippen molar-refractivity contribution in [2.24, 2.45) is 11.8 Å². The summed E-state index contributed by atoms with van der Waals surface area (Å²) >= 11 is 0. The molecule has 0 spiro atoms. The molecule has 1 nitrogen and oxygen atoms in total. The summed E-state index contributed by atoms with van der Waals surface area (Å²) in [6.45, 7) is 15.7. The van der Waals surface area contributed by atoms with E-state index in [0.29, 0.717) is 0 Å². The monoisotopic (exact) mass is 247 g/mol. The Kier molecular flexibility index (Phi) is 5.40. The molecule has 102 valence electrons. The van der Waals surface area contributed by atoms with E-state index in [1.165, 1.54) is 11.1 Å². The third-order valence-corrected chi connectivity index (χ3v) is 3.75. The first kappa shape index (κ1) is 15.2. The van der Waals surface area contributed by atoms with Crippen molar-refractivity contribution in [3.8, 4) is 0 Å². The Morgan fingerprint density at radius 2 is 1.56 bits per heavy atom. The molecule has 0 radical (unpaired) electrons. The molecule has 0 aliphatic carbocycles. The summed E-state index contributed by atoms with van der Waals surface area (Å²) < 4.78 is 0. The summed E-state index contributed by atoms with van der Waals surface area (Å²) in [5, 5.41) is 3.54. The molecule has 0 saturated heterocycles. The van der Waals surface area contributed by atoms with Crippen molar-refractivity contribution in [1.29, 1.82) is 0 Å². The number of nitrogens with one attached hydrogen (secondary N) is 1. The predicted octanol–water partition coefficient (Wildman–Crippen LogP) is 4.37. The molecule has 1 atom stereocenters. The van der Waals surface area contributed by atoms with Crippen LogP contribution in [-0.4, -0.2) is 6.54 Å². The van der Waals surface area contributed by atoms with Crippen LogP contribution in [0, 0.1) is 11.8 Å². The zero-order valence-corrected chi connectivity index (χ0v) is 12.9. The first-order chi connectivity index (χ1) is 8.30. The number of rotatable bonds is 5. The van der Waals surface area contributed by atoms with Gasteiger partial charge in [0.05, 0.1) is 0 Å². The van der Waals surface area contributed by atoms with Crippen LogP contribution in [0.3, 0.4) is 0 Å². The number of hydrogen-bond acceptors (Lipinski definition) is 1. The number of benzene rings is 1. The van der Waals surface area contributed by atoms with E-state index in [1.807, 2.05) is 0 Å². The summed E-state index contributed by atoms with van der Waals surface area (Å²) in [5.74, 6) is 1.49. The van der Waals surface area contributed by atoms with Crippen LogP contribution in [0.2, 0.25) is 0 Å². The van der Waals surface area contributed by atoms with Gasteiger partial charge in [-0.05, 0) is 34.9 Å². The molecule has 1 aromatic rings. The SMILES string of the molecule is CC(C)C(C)CNCc1ccc(C(C)(C)C)cc1. The van der Waals surface area contributed by atoms with Gasteiger partial charge in [0.1, 0.15) is 0 Å². The van der Waals surface area contributed by atoms with Crippen molar-refractivity contribution >= 4 is 0 Å². The lowest BCUT2D eigenvalue weighted by Crippen LogP contribution is -2.23. The van der Waals surface area contributed by atoms with Crippen LogP contribution < -0.4 is 5.32 Å². The second-order valence-corrected chi connectivity index (χ2v) is 6.80. The van der Waals surface area contributed by atoms with Crippen LogP contribution in [0.15, 0.2) is 24.3 Å². The van der Waals surface area contributed by atoms with Crippen molar-refractivity contribution in [3.63, 3.8) is 0 Å². The van der Waals surface area contributed by atoms with Gasteiger partial charge in [-0.25, -0.2) is 0 Å². The molecule has 0 amide bonds. The quantitative estimate of drug-likeness (QED) is 0.815. The first-order valence-electron chi connectivity index (χ1n) is 7.11. The minimum absolute atomic E-state index is 0.248. The zero-order chi connectivity index (χ0) is 13.8. The molecule has 0 fully saturated rings. The van der Waals surface area contributed by atoms with Gasteiger partial charge >= 0.3 is 0 Å². The van der Waals surface area contributed by atoms with Gasteiger partial charge in [0.15, 0.2) is 0 Å². The lowest BCUT2D eigenvalue weighted by Gasteiger charge is -2.19. The minimum atomic E-state index is 0.248. The van der Waals surface area contributed by atoms with Gasteiger partial charge in [-0.15, -0.1) is 0 Å². The Morgan fingerprint density at radius 1 is 1.00 bits per heavy atom. The van der Waals surface area contributed by atoms with Gasteiger partial charge < -0.3 is 5.32 Å². The summed E-state index contributed by atoms with van der Waals surface area (Å²) in [6, 6.07) is 8.99. The van der Waals surface area contributed by atoms with Gasteiger partial charge in [-0.2, -0.15) is 0 Å². The molecule has 0 bridgehead atoms. The smallest absolute Gasteiger partial charge is 0.0205 e. The molecular weight excluding hydrogens is 218 g/mol. The fourth-order valence-corrected chi connectivity index (χ4v) is 1.80. The second kappa shape index (κ2) is 6.38. The molecule has 0 aromatic heterocycles. The van der Waals surface area contributed by atoms with E-state index < -0.39 is 0 Å². The van der Waals surface area contributed by atoms with Gasteiger partial charge in [0.2, 0.25) is 0 Å². The Balaban J connectivity index is 2.45. The van der Waals surface area contributed by atoms with Crippen molar-refractivity contribution in [2.45, 2.75) is 53.5 Å². The number of hydrogen-bond donors (Lipinski definition) is 1. The third-order valence-electron chi connectivity index (χ3n) is 3.75. The van der Waals surface area contributed by atoms with Gasteiger partial charge in [0, 0.05) is 6.54 Å². The molecule has 0 aliphatic rings. The maximum absolute atomic E-state index is 3.54. The van der Waals surface area contributed by atoms with Crippen LogP contribution in [0.1, 0.15) is 52.7 Å². The van der Waals surface area contributed by atoms with Crippen molar-refractivity contribution < 1.29 is 0 Å². The minimum Gasteiger partial charge on any atom is -0.312 e. The van der Waals surface area contributed by atoms with Crippen molar-refractivity contribution in [1.82, 2.24) is 5.32 Å². The van der Waals surface area contributed by atoms with Crippen molar-refractivity contribution in [2.75, 3.05) is 6.54 Å². The molecule has 1 N–H and O–H groups in total. The fourth-order valence-electron chi connectivity index (χ4n) is 1.80. The molecule has 1 aromatic carbocycles. The summed E-state index contributed by atoms with van der Waals surface area (Å²) in [7, 11) is 0. The van der Waals surface area contributed by atoms with Crippen LogP contribution in [-0.2, 0) is 12.0 Å². The maximum atomic E-state index is 3.54. The standard InChI is InChI=1S/C17H29N/c1-13(2)14(3)11-18-12-15-7-9-16(10-8-15)17(4,5)6/h7-10,13-14,18H,11-12H2,1-6H3. The van der Waals surface area contributed by atoms with E-state index in [-0.39, 0.29) is 5.41 Å². The molecule has 18 heavy (non-hydrogen) atoms. The highest BCUT2D eigenvalue weighted by atomic mass is 14.9. The normalized spacial score (nSPS) is 13.9. The Morgan fingerprint density at radius 3 is 2.00 bits per heavy atom. The van der Waals surface area contributed by atoms with Crippen LogP contribution >= 0.6 is 0 Å². The second-order valence-electron chi connectivity index (χ2n) is 6.80. The van der Waals surface area contributed by atoms with E-state index >= 15 is 0 Å². The molecular formula is C17H29N. The Hall–Kier alpha value is -0.820. The largest absolute Gasteiger partial charge is 0.312 e. The zero-order valence-electron chi connectivity index (χ0n) is 12.9. The average Bonchev–Trinajstić information content (AvgIpc) is 2.28. The topological polar surface area (TPSA) is 12.0 Å². The van der Waals surface area contributed by atoms with E-state index in [2.05, 4.69) is 71.1 Å². The highest BCUT2D eigenvalue weighted by Gasteiger charge is 2.12. The molecule has 0 heterocycles. The summed E-state index contributed by atoms with van der Waals surface area (Å²) in [6.07, 6.45) is 0. The maximum Gasteiger partial charge on any atom is 0.0205 e. The molecule has 1 unspecified atom stereocenters. The Labute approximate surface area is 113 Å². The van der Waals surface area contributed by atoms with Gasteiger partial charge in [-0.1, -0.05) is 65.8 Å². The molecule has 0 aliphatic heterocycles. The average molecular weight is 247 g/mol. The van der Waals surface area contributed by atoms with Crippen LogP contribution in [0.25, 0.3) is 0 Å². The third kappa shape index (κ3) is 4.81. The summed E-state index contributed by atoms with van der Waals surface area (Å²) in [5.41, 5.74) is 3.03. The van der Waals surface area contributed by atoms with Gasteiger partial charge in [0.25, 0.3) is 0 Å². The van der Waals surface area contributed by atoms with Crippen LogP contribution in [0.5, 0.6) is 0 Å². The van der Waals surface area contributed by atoms with Crippen LogP contribution in [0.4, 0.5) is 0 Å². The Bertz CT molecular complexity index is 343. The van der Waals surface area contributed by atoms with E-state index in [9.17, 15) is 0 Å². The highest BCUT2D eigenvalue weighted by molar-refractivity contribution is 5.27. The molecule has 1 heteroatoms. The van der Waals surface area contributed by atoms with E-state index in [4.69, 9.17) is 0 Å². The lowest BCUT2D eigenvalue weighted by atomic mass is 9.87. The lowest BCUT2D eigenvalue weighted by molar-refractivity contribution is 0.392. The van der Waals surface area contributed by atoms with Gasteiger partial charge in [-0.3, -0.25) is 0 Å². The predicted molar refractivity (Wildman–Crippen MR) is 80.9 cm³/mol. The van der Waals surface area contributed by atoms with Crippen molar-refractivity contribution in [3.05, 3.63) is 35.4 Å². The molecule has 0 saturated carbocycles. The first-order valence-corrected chi connectivity index (χ1v) is 7.11. The fraction of sp³-hybridized carbons (Fsp3) is 0.647. The van der Waals surface area contributed by atoms with E-state index in [0.717, 1.165) is 24.9 Å².